The summed E-state index contributed by atoms with van der Waals surface area (Å²) >= 11 is 0. The van der Waals surface area contributed by atoms with Gasteiger partial charge in [0.25, 0.3) is 6.33 Å². The molecule has 0 atom stereocenters. The molecule has 9 rings (SSSR count). The number of imidazole rings is 2. The summed E-state index contributed by atoms with van der Waals surface area (Å²) < 4.78 is 14.8. The third kappa shape index (κ3) is 4.94. The molecule has 47 heavy (non-hydrogen) atoms. The molecule has 228 valence electrons. The van der Waals surface area contributed by atoms with Crippen LogP contribution in [0.15, 0.2) is 152 Å². The van der Waals surface area contributed by atoms with Gasteiger partial charge in [-0.15, -0.1) is 29.7 Å². The maximum atomic E-state index is 6.45. The quantitative estimate of drug-likeness (QED) is 0.126. The molecular formula is C40H25N5OPt-2. The fourth-order valence-electron chi connectivity index (χ4n) is 6.14. The van der Waals surface area contributed by atoms with E-state index in [0.717, 1.165) is 55.8 Å². The standard InChI is InChI=1S/C40H25N5O.Pt/c1-3-12-29(13-4-1)42-25-24-41-40(42)45-36-19-8-7-18-34(36)35-23-22-33(27-39(35)45)46-32-17-11-16-31(26-32)44-28-43(30-14-5-2-6-15-30)37-20-9-10-21-38(37)44;/h1-25H;/q-2;. The number of benzene rings is 6. The number of para-hydroxylation sites is 5. The van der Waals surface area contributed by atoms with Crippen LogP contribution in [0.4, 0.5) is 0 Å². The summed E-state index contributed by atoms with van der Waals surface area (Å²) in [5.74, 6) is 1.95. The van der Waals surface area contributed by atoms with Crippen molar-refractivity contribution in [2.24, 2.45) is 0 Å². The van der Waals surface area contributed by atoms with E-state index < -0.39 is 0 Å². The molecule has 6 nitrogen and oxygen atoms in total. The number of hydrogen-bond donors (Lipinski definition) is 0. The van der Waals surface area contributed by atoms with Crippen LogP contribution < -0.4 is 9.30 Å². The number of ether oxygens (including phenoxy) is 1. The van der Waals surface area contributed by atoms with Crippen LogP contribution in [0, 0.1) is 18.5 Å². The Morgan fingerprint density at radius 1 is 0.617 bits per heavy atom. The Kier molecular flexibility index (Phi) is 7.28. The smallest absolute Gasteiger partial charge is 0.268 e. The fourth-order valence-corrected chi connectivity index (χ4v) is 6.14. The van der Waals surface area contributed by atoms with Crippen LogP contribution in [0.1, 0.15) is 0 Å². The number of nitrogens with zero attached hydrogens (tertiary/aromatic N) is 5. The first-order valence-corrected chi connectivity index (χ1v) is 15.1. The van der Waals surface area contributed by atoms with Crippen LogP contribution in [0.3, 0.4) is 0 Å². The fraction of sp³-hybridized carbons (Fsp3) is 0. The topological polar surface area (TPSA) is 40.8 Å². The molecule has 0 aliphatic carbocycles. The summed E-state index contributed by atoms with van der Waals surface area (Å²) in [5.41, 5.74) is 6.89. The molecule has 0 N–H and O–H groups in total. The first kappa shape index (κ1) is 28.7. The van der Waals surface area contributed by atoms with Gasteiger partial charge in [-0.25, -0.2) is 4.98 Å². The maximum Gasteiger partial charge on any atom is 0.268 e. The minimum Gasteiger partial charge on any atom is -0.510 e. The van der Waals surface area contributed by atoms with Gasteiger partial charge in [0, 0.05) is 56.2 Å². The summed E-state index contributed by atoms with van der Waals surface area (Å²) in [6, 6.07) is 54.1. The molecule has 0 fully saturated rings. The van der Waals surface area contributed by atoms with Gasteiger partial charge in [0.1, 0.15) is 0 Å². The van der Waals surface area contributed by atoms with Gasteiger partial charge in [-0.2, -0.15) is 18.2 Å². The van der Waals surface area contributed by atoms with E-state index in [-0.39, 0.29) is 21.1 Å². The zero-order valence-corrected chi connectivity index (χ0v) is 27.2. The Balaban J connectivity index is 0.00000324. The second kappa shape index (κ2) is 11.9. The summed E-state index contributed by atoms with van der Waals surface area (Å²) in [7, 11) is 0. The molecule has 6 aromatic carbocycles. The molecule has 0 bridgehead atoms. The van der Waals surface area contributed by atoms with Gasteiger partial charge in [-0.05, 0) is 41.4 Å². The zero-order chi connectivity index (χ0) is 30.5. The van der Waals surface area contributed by atoms with Gasteiger partial charge < -0.3 is 13.9 Å². The van der Waals surface area contributed by atoms with Gasteiger partial charge in [0.15, 0.2) is 0 Å². The molecule has 0 amide bonds. The van der Waals surface area contributed by atoms with E-state index >= 15 is 0 Å². The van der Waals surface area contributed by atoms with Crippen molar-refractivity contribution in [1.29, 1.82) is 0 Å². The van der Waals surface area contributed by atoms with Crippen molar-refractivity contribution in [2.75, 3.05) is 0 Å². The maximum absolute atomic E-state index is 6.45. The predicted octanol–water partition coefficient (Wildman–Crippen LogP) is 8.38. The minimum atomic E-state index is 0. The van der Waals surface area contributed by atoms with Crippen LogP contribution in [-0.2, 0) is 21.1 Å². The number of rotatable bonds is 6. The summed E-state index contributed by atoms with van der Waals surface area (Å²) in [5, 5.41) is 2.19. The van der Waals surface area contributed by atoms with Gasteiger partial charge in [0.05, 0.1) is 16.7 Å². The molecule has 0 radical (unpaired) electrons. The van der Waals surface area contributed by atoms with Crippen molar-refractivity contribution in [3.63, 3.8) is 0 Å². The molecule has 0 aliphatic rings. The summed E-state index contributed by atoms with van der Waals surface area (Å²) in [6.07, 6.45) is 7.33. The van der Waals surface area contributed by atoms with Crippen LogP contribution in [0.2, 0.25) is 0 Å². The van der Waals surface area contributed by atoms with E-state index in [9.17, 15) is 0 Å². The van der Waals surface area contributed by atoms with Crippen LogP contribution >= 0.6 is 0 Å². The monoisotopic (exact) mass is 786 g/mol. The average molecular weight is 787 g/mol. The van der Waals surface area contributed by atoms with Crippen molar-refractivity contribution in [3.8, 4) is 34.5 Å². The van der Waals surface area contributed by atoms with Gasteiger partial charge in [-0.3, -0.25) is 9.13 Å². The Morgan fingerprint density at radius 2 is 1.34 bits per heavy atom. The van der Waals surface area contributed by atoms with Crippen molar-refractivity contribution in [1.82, 2.24) is 18.7 Å². The first-order chi connectivity index (χ1) is 22.8. The molecule has 3 aromatic heterocycles. The van der Waals surface area contributed by atoms with Crippen molar-refractivity contribution < 1.29 is 30.4 Å². The number of fused-ring (bicyclic) bond motifs is 4. The Hall–Kier alpha value is -5.71. The van der Waals surface area contributed by atoms with E-state index in [1.54, 1.807) is 0 Å². The molecule has 7 heteroatoms. The van der Waals surface area contributed by atoms with Crippen molar-refractivity contribution in [3.05, 3.63) is 170 Å². The normalized spacial score (nSPS) is 11.2. The van der Waals surface area contributed by atoms with Crippen molar-refractivity contribution in [2.45, 2.75) is 0 Å². The molecule has 0 spiro atoms. The third-order valence-corrected chi connectivity index (χ3v) is 8.20. The second-order valence-corrected chi connectivity index (χ2v) is 11.0. The number of hydrogen-bond acceptors (Lipinski definition) is 2. The van der Waals surface area contributed by atoms with Gasteiger partial charge >= 0.3 is 0 Å². The minimum absolute atomic E-state index is 0. The third-order valence-electron chi connectivity index (χ3n) is 8.20. The van der Waals surface area contributed by atoms with Gasteiger partial charge in [0.2, 0.25) is 5.95 Å². The molecule has 0 saturated carbocycles. The van der Waals surface area contributed by atoms with E-state index in [0.29, 0.717) is 11.5 Å². The van der Waals surface area contributed by atoms with E-state index in [2.05, 4.69) is 98.9 Å². The van der Waals surface area contributed by atoms with Crippen molar-refractivity contribution >= 4 is 32.8 Å². The van der Waals surface area contributed by atoms with E-state index in [1.165, 1.54) is 0 Å². The zero-order valence-electron chi connectivity index (χ0n) is 24.9. The molecule has 9 aromatic rings. The SMILES string of the molecule is [Pt].[c-]1c(Oc2[c-]c3c(cc2)c2ccccc2n3-c2nccn2-c2ccccc2)cccc1-n1[c-][n+](-c2ccccc2)c2ccccc21. The Bertz CT molecular complexity index is 2510. The molecular weight excluding hydrogens is 762 g/mol. The average Bonchev–Trinajstić information content (AvgIpc) is 3.83. The Morgan fingerprint density at radius 3 is 2.19 bits per heavy atom. The molecule has 3 heterocycles. The van der Waals surface area contributed by atoms with Crippen LogP contribution in [0.5, 0.6) is 11.5 Å². The van der Waals surface area contributed by atoms with Crippen LogP contribution in [0.25, 0.3) is 55.8 Å². The Labute approximate surface area is 285 Å². The van der Waals surface area contributed by atoms with Gasteiger partial charge in [-0.1, -0.05) is 84.4 Å². The van der Waals surface area contributed by atoms with E-state index in [4.69, 9.17) is 9.72 Å². The van der Waals surface area contributed by atoms with E-state index in [1.807, 2.05) is 89.8 Å². The van der Waals surface area contributed by atoms with Crippen LogP contribution in [-0.4, -0.2) is 18.7 Å². The predicted molar refractivity (Wildman–Crippen MR) is 179 cm³/mol. The summed E-state index contributed by atoms with van der Waals surface area (Å²) in [6.45, 7) is 0. The molecule has 0 unspecified atom stereocenters. The molecule has 0 aliphatic heterocycles. The molecule has 0 saturated heterocycles. The summed E-state index contributed by atoms with van der Waals surface area (Å²) in [4.78, 5) is 4.79. The first-order valence-electron chi connectivity index (χ1n) is 15.1. The largest absolute Gasteiger partial charge is 0.510 e. The second-order valence-electron chi connectivity index (χ2n) is 11.0. The number of aromatic nitrogens is 5.